The van der Waals surface area contributed by atoms with Crippen LogP contribution in [-0.4, -0.2) is 11.9 Å². The van der Waals surface area contributed by atoms with E-state index in [1.165, 1.54) is 24.1 Å². The first kappa shape index (κ1) is 11.6. The Labute approximate surface area is 101 Å². The number of nitrogens with one attached hydrogen (secondary N) is 1. The predicted molar refractivity (Wildman–Crippen MR) is 67.9 cm³/mol. The van der Waals surface area contributed by atoms with E-state index in [2.05, 4.69) is 12.2 Å². The zero-order chi connectivity index (χ0) is 11.5. The molecule has 1 fully saturated rings. The molecule has 1 aromatic rings. The third-order valence-corrected chi connectivity index (χ3v) is 4.39. The Hall–Kier alpha value is -0.830. The molecule has 1 amide bonds. The molecular formula is C13H19NOS. The molecule has 0 saturated heterocycles. The first-order chi connectivity index (χ1) is 7.66. The number of thiophene rings is 1. The lowest BCUT2D eigenvalue weighted by atomic mass is 9.86. The van der Waals surface area contributed by atoms with E-state index in [0.717, 1.165) is 11.3 Å². The Kier molecular flexibility index (Phi) is 3.64. The van der Waals surface area contributed by atoms with Crippen molar-refractivity contribution in [3.8, 4) is 0 Å². The van der Waals surface area contributed by atoms with Gasteiger partial charge >= 0.3 is 0 Å². The molecule has 0 unspecified atom stereocenters. The van der Waals surface area contributed by atoms with Crippen molar-refractivity contribution in [2.75, 3.05) is 0 Å². The number of carbonyl (C=O) groups is 1. The lowest BCUT2D eigenvalue weighted by Crippen LogP contribution is -2.40. The van der Waals surface area contributed by atoms with Crippen molar-refractivity contribution < 1.29 is 4.79 Å². The summed E-state index contributed by atoms with van der Waals surface area (Å²) in [6, 6.07) is 4.30. The van der Waals surface area contributed by atoms with Crippen LogP contribution in [0.2, 0.25) is 0 Å². The number of hydrogen-bond donors (Lipinski definition) is 1. The molecule has 2 nitrogen and oxygen atoms in total. The highest BCUT2D eigenvalue weighted by Crippen LogP contribution is 2.24. The summed E-state index contributed by atoms with van der Waals surface area (Å²) in [5.74, 6) is 0.732. The molecule has 0 radical (unpaired) electrons. The van der Waals surface area contributed by atoms with E-state index < -0.39 is 0 Å². The second-order valence-electron chi connectivity index (χ2n) is 4.75. The Balaban J connectivity index is 1.96. The fraction of sp³-hybridized carbons (Fsp3) is 0.615. The maximum absolute atomic E-state index is 12.0. The van der Waals surface area contributed by atoms with Gasteiger partial charge in [-0.05, 0) is 37.8 Å². The van der Waals surface area contributed by atoms with E-state index in [4.69, 9.17) is 0 Å². The van der Waals surface area contributed by atoms with Gasteiger partial charge < -0.3 is 5.32 Å². The van der Waals surface area contributed by atoms with E-state index in [-0.39, 0.29) is 5.91 Å². The Bertz CT molecular complexity index is 372. The highest BCUT2D eigenvalue weighted by atomic mass is 32.1. The molecule has 1 aromatic heterocycles. The van der Waals surface area contributed by atoms with Crippen molar-refractivity contribution in [3.63, 3.8) is 0 Å². The lowest BCUT2D eigenvalue weighted by molar-refractivity contribution is 0.0914. The van der Waals surface area contributed by atoms with E-state index >= 15 is 0 Å². The Morgan fingerprint density at radius 1 is 1.38 bits per heavy atom. The summed E-state index contributed by atoms with van der Waals surface area (Å²) in [7, 11) is 0. The van der Waals surface area contributed by atoms with Crippen molar-refractivity contribution >= 4 is 17.2 Å². The minimum absolute atomic E-state index is 0.108. The van der Waals surface area contributed by atoms with Gasteiger partial charge in [0.15, 0.2) is 0 Å². The SMILES string of the molecule is Cc1ccc(C(=O)N[C@H]2CCCC[C@H]2C)s1. The van der Waals surface area contributed by atoms with E-state index in [1.807, 2.05) is 19.1 Å². The van der Waals surface area contributed by atoms with Gasteiger partial charge in [0.2, 0.25) is 0 Å². The molecule has 3 heteroatoms. The minimum atomic E-state index is 0.108. The van der Waals surface area contributed by atoms with Crippen LogP contribution in [-0.2, 0) is 0 Å². The molecule has 0 bridgehead atoms. The van der Waals surface area contributed by atoms with E-state index in [1.54, 1.807) is 11.3 Å². The molecule has 2 atom stereocenters. The van der Waals surface area contributed by atoms with Gasteiger partial charge in [-0.3, -0.25) is 4.79 Å². The summed E-state index contributed by atoms with van der Waals surface area (Å²) in [4.78, 5) is 14.0. The third-order valence-electron chi connectivity index (χ3n) is 3.39. The van der Waals surface area contributed by atoms with Crippen molar-refractivity contribution in [3.05, 3.63) is 21.9 Å². The van der Waals surface area contributed by atoms with E-state index in [9.17, 15) is 4.79 Å². The Morgan fingerprint density at radius 3 is 2.75 bits per heavy atom. The molecule has 1 saturated carbocycles. The highest BCUT2D eigenvalue weighted by molar-refractivity contribution is 7.13. The van der Waals surface area contributed by atoms with Gasteiger partial charge in [-0.15, -0.1) is 11.3 Å². The number of carbonyl (C=O) groups excluding carboxylic acids is 1. The number of rotatable bonds is 2. The van der Waals surface area contributed by atoms with Crippen LogP contribution in [0, 0.1) is 12.8 Å². The standard InChI is InChI=1S/C13H19NOS/c1-9-5-3-4-6-11(9)14-13(15)12-8-7-10(2)16-12/h7-9,11H,3-6H2,1-2H3,(H,14,15)/t9-,11+/m1/s1. The van der Waals surface area contributed by atoms with Crippen molar-refractivity contribution in [1.29, 1.82) is 0 Å². The molecule has 2 rings (SSSR count). The molecule has 88 valence electrons. The summed E-state index contributed by atoms with van der Waals surface area (Å²) in [5.41, 5.74) is 0. The second kappa shape index (κ2) is 5.00. The molecular weight excluding hydrogens is 218 g/mol. The minimum Gasteiger partial charge on any atom is -0.348 e. The van der Waals surface area contributed by atoms with Crippen LogP contribution in [0.15, 0.2) is 12.1 Å². The van der Waals surface area contributed by atoms with Gasteiger partial charge in [-0.25, -0.2) is 0 Å². The van der Waals surface area contributed by atoms with Crippen LogP contribution in [0.1, 0.15) is 47.2 Å². The van der Waals surface area contributed by atoms with Crippen molar-refractivity contribution in [2.24, 2.45) is 5.92 Å². The molecule has 1 aliphatic carbocycles. The number of amides is 1. The average molecular weight is 237 g/mol. The first-order valence-electron chi connectivity index (χ1n) is 6.04. The fourth-order valence-corrected chi connectivity index (χ4v) is 3.10. The molecule has 1 N–H and O–H groups in total. The monoisotopic (exact) mass is 237 g/mol. The fourth-order valence-electron chi connectivity index (χ4n) is 2.33. The van der Waals surface area contributed by atoms with E-state index in [0.29, 0.717) is 12.0 Å². The van der Waals surface area contributed by atoms with Crippen LogP contribution in [0.3, 0.4) is 0 Å². The number of aryl methyl sites for hydroxylation is 1. The van der Waals surface area contributed by atoms with Gasteiger partial charge in [0, 0.05) is 10.9 Å². The van der Waals surface area contributed by atoms with Crippen LogP contribution in [0.25, 0.3) is 0 Å². The third kappa shape index (κ3) is 2.64. The van der Waals surface area contributed by atoms with Crippen LogP contribution < -0.4 is 5.32 Å². The Morgan fingerprint density at radius 2 is 2.12 bits per heavy atom. The molecule has 1 aliphatic rings. The van der Waals surface area contributed by atoms with Crippen LogP contribution >= 0.6 is 11.3 Å². The normalized spacial score (nSPS) is 25.4. The first-order valence-corrected chi connectivity index (χ1v) is 6.86. The highest BCUT2D eigenvalue weighted by Gasteiger charge is 2.23. The molecule has 16 heavy (non-hydrogen) atoms. The lowest BCUT2D eigenvalue weighted by Gasteiger charge is -2.29. The summed E-state index contributed by atoms with van der Waals surface area (Å²) in [6.07, 6.45) is 4.94. The van der Waals surface area contributed by atoms with Crippen LogP contribution in [0.5, 0.6) is 0 Å². The molecule has 1 heterocycles. The largest absolute Gasteiger partial charge is 0.348 e. The predicted octanol–water partition coefficient (Wildman–Crippen LogP) is 3.37. The van der Waals surface area contributed by atoms with Crippen molar-refractivity contribution in [2.45, 2.75) is 45.6 Å². The molecule has 0 spiro atoms. The van der Waals surface area contributed by atoms with Gasteiger partial charge in [0.1, 0.15) is 0 Å². The summed E-state index contributed by atoms with van der Waals surface area (Å²) in [6.45, 7) is 4.27. The summed E-state index contributed by atoms with van der Waals surface area (Å²) in [5, 5.41) is 3.17. The maximum atomic E-state index is 12.0. The summed E-state index contributed by atoms with van der Waals surface area (Å²) >= 11 is 1.57. The van der Waals surface area contributed by atoms with Gasteiger partial charge in [0.25, 0.3) is 5.91 Å². The molecule has 0 aliphatic heterocycles. The second-order valence-corrected chi connectivity index (χ2v) is 6.04. The number of hydrogen-bond acceptors (Lipinski definition) is 2. The molecule has 0 aromatic carbocycles. The average Bonchev–Trinajstić information content (AvgIpc) is 2.68. The maximum Gasteiger partial charge on any atom is 0.261 e. The zero-order valence-corrected chi connectivity index (χ0v) is 10.8. The quantitative estimate of drug-likeness (QED) is 0.839. The summed E-state index contributed by atoms with van der Waals surface area (Å²) < 4.78 is 0. The van der Waals surface area contributed by atoms with Gasteiger partial charge in [0.05, 0.1) is 4.88 Å². The van der Waals surface area contributed by atoms with Gasteiger partial charge in [-0.2, -0.15) is 0 Å². The zero-order valence-electron chi connectivity index (χ0n) is 9.95. The van der Waals surface area contributed by atoms with Gasteiger partial charge in [-0.1, -0.05) is 19.8 Å². The topological polar surface area (TPSA) is 29.1 Å². The van der Waals surface area contributed by atoms with Crippen molar-refractivity contribution in [1.82, 2.24) is 5.32 Å². The van der Waals surface area contributed by atoms with Crippen LogP contribution in [0.4, 0.5) is 0 Å². The smallest absolute Gasteiger partial charge is 0.261 e.